The summed E-state index contributed by atoms with van der Waals surface area (Å²) in [7, 11) is 4.55. The van der Waals surface area contributed by atoms with Gasteiger partial charge < -0.3 is 14.8 Å². The van der Waals surface area contributed by atoms with Gasteiger partial charge in [0.1, 0.15) is 18.2 Å². The maximum atomic E-state index is 12.9. The van der Waals surface area contributed by atoms with Gasteiger partial charge in [-0.25, -0.2) is 9.59 Å². The van der Waals surface area contributed by atoms with Crippen molar-refractivity contribution in [3.05, 3.63) is 67.5 Å². The molecule has 0 bridgehead atoms. The summed E-state index contributed by atoms with van der Waals surface area (Å²) in [5, 5.41) is 3.05. The molecule has 0 saturated carbocycles. The van der Waals surface area contributed by atoms with Gasteiger partial charge in [-0.1, -0.05) is 12.1 Å². The van der Waals surface area contributed by atoms with Crippen molar-refractivity contribution in [1.29, 1.82) is 0 Å². The van der Waals surface area contributed by atoms with Crippen molar-refractivity contribution in [1.82, 2.24) is 9.13 Å². The Hall–Kier alpha value is -3.29. The number of carbonyl (C=O) groups is 1. The third kappa shape index (κ3) is 2.11. The Morgan fingerprint density at radius 2 is 1.96 bits per heavy atom. The molecular formula is C18H17N3O5. The van der Waals surface area contributed by atoms with Gasteiger partial charge in [0.25, 0.3) is 5.56 Å². The number of fused-ring (bicyclic) bond motifs is 1. The third-order valence-corrected chi connectivity index (χ3v) is 4.87. The van der Waals surface area contributed by atoms with Crippen LogP contribution in [0.3, 0.4) is 0 Å². The fraction of sp³-hybridized carbons (Fsp3) is 0.278. The van der Waals surface area contributed by atoms with Crippen LogP contribution in [0.15, 0.2) is 45.1 Å². The van der Waals surface area contributed by atoms with Crippen molar-refractivity contribution < 1.29 is 14.3 Å². The molecule has 1 aromatic heterocycles. The Balaban J connectivity index is 2.07. The van der Waals surface area contributed by atoms with Gasteiger partial charge in [0.15, 0.2) is 0 Å². The van der Waals surface area contributed by atoms with Crippen LogP contribution in [-0.2, 0) is 23.6 Å². The Kier molecular flexibility index (Phi) is 3.50. The van der Waals surface area contributed by atoms with E-state index in [1.54, 1.807) is 32.4 Å². The lowest BCUT2D eigenvalue weighted by Crippen LogP contribution is -2.43. The first-order valence-corrected chi connectivity index (χ1v) is 8.05. The summed E-state index contributed by atoms with van der Waals surface area (Å²) in [5.41, 5.74) is 1.12. The zero-order valence-corrected chi connectivity index (χ0v) is 14.5. The lowest BCUT2D eigenvalue weighted by molar-refractivity contribution is -0.136. The largest absolute Gasteiger partial charge is 0.497 e. The van der Waals surface area contributed by atoms with E-state index < -0.39 is 23.1 Å². The van der Waals surface area contributed by atoms with Crippen LogP contribution >= 0.6 is 0 Å². The van der Waals surface area contributed by atoms with Gasteiger partial charge in [-0.15, -0.1) is 0 Å². The number of aromatic nitrogens is 2. The molecule has 1 aromatic carbocycles. The average molecular weight is 355 g/mol. The Morgan fingerprint density at radius 1 is 1.19 bits per heavy atom. The van der Waals surface area contributed by atoms with E-state index in [0.717, 1.165) is 4.57 Å². The number of cyclic esters (lactones) is 1. The lowest BCUT2D eigenvalue weighted by atomic mass is 9.82. The number of hydrogen-bond acceptors (Lipinski definition) is 6. The van der Waals surface area contributed by atoms with Crippen molar-refractivity contribution in [2.45, 2.75) is 5.92 Å². The fourth-order valence-corrected chi connectivity index (χ4v) is 3.54. The highest BCUT2D eigenvalue weighted by Crippen LogP contribution is 2.42. The van der Waals surface area contributed by atoms with Crippen LogP contribution in [0.1, 0.15) is 17.0 Å². The minimum absolute atomic E-state index is 0.0808. The first kappa shape index (κ1) is 16.2. The van der Waals surface area contributed by atoms with Crippen LogP contribution in [-0.4, -0.2) is 28.8 Å². The van der Waals surface area contributed by atoms with Gasteiger partial charge in [0, 0.05) is 14.1 Å². The second-order valence-electron chi connectivity index (χ2n) is 6.27. The van der Waals surface area contributed by atoms with Crippen LogP contribution in [0.5, 0.6) is 5.75 Å². The first-order valence-electron chi connectivity index (χ1n) is 8.05. The summed E-state index contributed by atoms with van der Waals surface area (Å²) in [5.74, 6) is -0.126. The van der Waals surface area contributed by atoms with Crippen molar-refractivity contribution in [2.24, 2.45) is 14.1 Å². The minimum Gasteiger partial charge on any atom is -0.497 e. The van der Waals surface area contributed by atoms with Crippen LogP contribution < -0.4 is 21.3 Å². The molecule has 0 amide bonds. The van der Waals surface area contributed by atoms with E-state index in [9.17, 15) is 14.4 Å². The Labute approximate surface area is 148 Å². The number of rotatable bonds is 2. The molecule has 0 aliphatic carbocycles. The number of anilines is 1. The molecule has 2 aliphatic heterocycles. The molecule has 0 spiro atoms. The number of methoxy groups -OCH3 is 1. The van der Waals surface area contributed by atoms with Crippen molar-refractivity contribution in [3.8, 4) is 5.75 Å². The number of hydrogen-bond donors (Lipinski definition) is 1. The molecule has 0 saturated heterocycles. The predicted molar refractivity (Wildman–Crippen MR) is 93.4 cm³/mol. The standard InChI is InChI=1S/C18H17N3O5/c1-20-15-14(16(22)21(2)18(20)24)12(9-5-4-6-10(7-9)25-3)13-11(19-15)8-26-17(13)23/h4-7,12,19H,8H2,1-3H3/t12-/m1/s1. The summed E-state index contributed by atoms with van der Waals surface area (Å²) in [4.78, 5) is 37.6. The monoisotopic (exact) mass is 355 g/mol. The molecule has 3 heterocycles. The zero-order valence-electron chi connectivity index (χ0n) is 14.5. The second-order valence-corrected chi connectivity index (χ2v) is 6.27. The molecule has 2 aromatic rings. The molecule has 8 nitrogen and oxygen atoms in total. The first-order chi connectivity index (χ1) is 12.4. The molecule has 26 heavy (non-hydrogen) atoms. The SMILES string of the molecule is COc1cccc([C@@H]2C3=C(COC3=O)Nc3c2c(=O)n(C)c(=O)n3C)c1. The number of nitrogens with one attached hydrogen (secondary N) is 1. The number of benzene rings is 1. The highest BCUT2D eigenvalue weighted by Gasteiger charge is 2.41. The highest BCUT2D eigenvalue weighted by molar-refractivity contribution is 5.96. The molecule has 0 fully saturated rings. The zero-order chi connectivity index (χ0) is 18.6. The van der Waals surface area contributed by atoms with E-state index in [0.29, 0.717) is 34.0 Å². The number of ether oxygens (including phenoxy) is 2. The summed E-state index contributed by atoms with van der Waals surface area (Å²) >= 11 is 0. The Bertz CT molecular complexity index is 1090. The summed E-state index contributed by atoms with van der Waals surface area (Å²) < 4.78 is 12.9. The van der Waals surface area contributed by atoms with Gasteiger partial charge in [-0.05, 0) is 17.7 Å². The molecule has 134 valence electrons. The highest BCUT2D eigenvalue weighted by atomic mass is 16.5. The number of nitrogens with zero attached hydrogens (tertiary/aromatic N) is 2. The van der Waals surface area contributed by atoms with Crippen molar-refractivity contribution in [2.75, 3.05) is 19.0 Å². The lowest BCUT2D eigenvalue weighted by Gasteiger charge is -2.28. The van der Waals surface area contributed by atoms with Crippen LogP contribution in [0.25, 0.3) is 0 Å². The van der Waals surface area contributed by atoms with Crippen LogP contribution in [0.4, 0.5) is 5.82 Å². The topological polar surface area (TPSA) is 91.6 Å². The van der Waals surface area contributed by atoms with Gasteiger partial charge in [-0.3, -0.25) is 13.9 Å². The predicted octanol–water partition coefficient (Wildman–Crippen LogP) is 0.461. The summed E-state index contributed by atoms with van der Waals surface area (Å²) in [6.45, 7) is 0.0808. The van der Waals surface area contributed by atoms with Crippen molar-refractivity contribution >= 4 is 11.8 Å². The minimum atomic E-state index is -0.642. The smallest absolute Gasteiger partial charge is 0.337 e. The normalized spacial score (nSPS) is 18.1. The number of carbonyl (C=O) groups excluding carboxylic acids is 1. The quantitative estimate of drug-likeness (QED) is 0.787. The van der Waals surface area contributed by atoms with Gasteiger partial charge in [-0.2, -0.15) is 0 Å². The molecule has 0 radical (unpaired) electrons. The van der Waals surface area contributed by atoms with Gasteiger partial charge >= 0.3 is 11.7 Å². The van der Waals surface area contributed by atoms with E-state index in [1.807, 2.05) is 6.07 Å². The fourth-order valence-electron chi connectivity index (χ4n) is 3.54. The van der Waals surface area contributed by atoms with Gasteiger partial charge in [0.05, 0.1) is 29.9 Å². The second kappa shape index (κ2) is 5.62. The number of esters is 1. The molecule has 1 N–H and O–H groups in total. The van der Waals surface area contributed by atoms with E-state index >= 15 is 0 Å². The van der Waals surface area contributed by atoms with E-state index in [4.69, 9.17) is 9.47 Å². The molecule has 1 atom stereocenters. The summed E-state index contributed by atoms with van der Waals surface area (Å²) in [6.07, 6.45) is 0. The van der Waals surface area contributed by atoms with Gasteiger partial charge in [0.2, 0.25) is 0 Å². The van der Waals surface area contributed by atoms with E-state index in [-0.39, 0.29) is 6.61 Å². The maximum Gasteiger partial charge on any atom is 0.337 e. The van der Waals surface area contributed by atoms with Crippen molar-refractivity contribution in [3.63, 3.8) is 0 Å². The molecule has 4 rings (SSSR count). The third-order valence-electron chi connectivity index (χ3n) is 4.87. The molecule has 0 unspecified atom stereocenters. The maximum absolute atomic E-state index is 12.9. The molecular weight excluding hydrogens is 338 g/mol. The molecule has 8 heteroatoms. The van der Waals surface area contributed by atoms with E-state index in [2.05, 4.69) is 5.32 Å². The van der Waals surface area contributed by atoms with Crippen LogP contribution in [0, 0.1) is 0 Å². The molecule has 2 aliphatic rings. The summed E-state index contributed by atoms with van der Waals surface area (Å²) in [6, 6.07) is 7.18. The average Bonchev–Trinajstić information content (AvgIpc) is 3.03. The van der Waals surface area contributed by atoms with Crippen LogP contribution in [0.2, 0.25) is 0 Å². The van der Waals surface area contributed by atoms with E-state index in [1.165, 1.54) is 11.6 Å². The Morgan fingerprint density at radius 3 is 2.69 bits per heavy atom.